The van der Waals surface area contributed by atoms with Gasteiger partial charge in [-0.25, -0.2) is 9.59 Å². The first-order valence-electron chi connectivity index (χ1n) is 4.88. The summed E-state index contributed by atoms with van der Waals surface area (Å²) < 4.78 is 4.87. The largest absolute Gasteiger partial charge is 0.480 e. The first-order valence-corrected chi connectivity index (χ1v) is 4.88. The van der Waals surface area contributed by atoms with Gasteiger partial charge in [0.05, 0.1) is 13.2 Å². The van der Waals surface area contributed by atoms with Crippen LogP contribution < -0.4 is 10.6 Å². The van der Waals surface area contributed by atoms with E-state index in [-0.39, 0.29) is 5.92 Å². The highest BCUT2D eigenvalue weighted by atomic mass is 16.5. The molecule has 7 heteroatoms. The lowest BCUT2D eigenvalue weighted by Gasteiger charge is -2.15. The van der Waals surface area contributed by atoms with E-state index in [0.717, 1.165) is 0 Å². The fourth-order valence-corrected chi connectivity index (χ4v) is 1.01. The number of nitrogens with one attached hydrogen (secondary N) is 2. The molecular formula is C9H18N2O5. The fourth-order valence-electron chi connectivity index (χ4n) is 1.01. The van der Waals surface area contributed by atoms with Crippen LogP contribution >= 0.6 is 0 Å². The Morgan fingerprint density at radius 2 is 2.06 bits per heavy atom. The highest BCUT2D eigenvalue weighted by Crippen LogP contribution is 1.92. The van der Waals surface area contributed by atoms with Crippen LogP contribution in [-0.4, -0.2) is 55.1 Å². The van der Waals surface area contributed by atoms with Crippen LogP contribution in [0.2, 0.25) is 0 Å². The van der Waals surface area contributed by atoms with E-state index in [0.29, 0.717) is 13.2 Å². The minimum Gasteiger partial charge on any atom is -0.480 e. The molecule has 0 aromatic heterocycles. The number of carboxylic acids is 1. The van der Waals surface area contributed by atoms with Gasteiger partial charge in [0, 0.05) is 13.7 Å². The number of hydrogen-bond acceptors (Lipinski definition) is 4. The van der Waals surface area contributed by atoms with Crippen molar-refractivity contribution in [3.8, 4) is 0 Å². The summed E-state index contributed by atoms with van der Waals surface area (Å²) in [6.07, 6.45) is 0. The van der Waals surface area contributed by atoms with Crippen LogP contribution in [0.5, 0.6) is 0 Å². The molecular weight excluding hydrogens is 216 g/mol. The second-order valence-electron chi connectivity index (χ2n) is 3.49. The van der Waals surface area contributed by atoms with Crippen LogP contribution in [0.1, 0.15) is 6.92 Å². The molecule has 2 atom stereocenters. The minimum absolute atomic E-state index is 0.133. The van der Waals surface area contributed by atoms with E-state index in [1.165, 1.54) is 0 Å². The fraction of sp³-hybridized carbons (Fsp3) is 0.778. The zero-order valence-electron chi connectivity index (χ0n) is 9.40. The van der Waals surface area contributed by atoms with Crippen LogP contribution in [0.15, 0.2) is 0 Å². The highest BCUT2D eigenvalue weighted by Gasteiger charge is 2.18. The molecule has 0 aliphatic carbocycles. The predicted molar refractivity (Wildman–Crippen MR) is 56.1 cm³/mol. The molecule has 0 heterocycles. The topological polar surface area (TPSA) is 108 Å². The number of amides is 2. The minimum atomic E-state index is -1.28. The van der Waals surface area contributed by atoms with Crippen molar-refractivity contribution in [3.05, 3.63) is 0 Å². The number of aliphatic hydroxyl groups is 1. The molecule has 16 heavy (non-hydrogen) atoms. The van der Waals surface area contributed by atoms with Gasteiger partial charge in [-0.3, -0.25) is 0 Å². The average molecular weight is 234 g/mol. The Morgan fingerprint density at radius 3 is 2.50 bits per heavy atom. The molecule has 0 radical (unpaired) electrons. The van der Waals surface area contributed by atoms with Gasteiger partial charge in [-0.05, 0) is 5.92 Å². The number of hydrogen-bond donors (Lipinski definition) is 4. The second kappa shape index (κ2) is 7.89. The Morgan fingerprint density at radius 1 is 1.44 bits per heavy atom. The van der Waals surface area contributed by atoms with Crippen LogP contribution in [0, 0.1) is 5.92 Å². The number of urea groups is 1. The first kappa shape index (κ1) is 14.7. The van der Waals surface area contributed by atoms with E-state index in [9.17, 15) is 9.59 Å². The third-order valence-corrected chi connectivity index (χ3v) is 1.85. The van der Waals surface area contributed by atoms with E-state index in [4.69, 9.17) is 14.9 Å². The van der Waals surface area contributed by atoms with Gasteiger partial charge in [0.1, 0.15) is 0 Å². The lowest BCUT2D eigenvalue weighted by Crippen LogP contribution is -2.48. The SMILES string of the molecule is COCC(C)CNC(=O)N[C@@H](CO)C(=O)O. The normalized spacial score (nSPS) is 13.9. The molecule has 7 nitrogen and oxygen atoms in total. The van der Waals surface area contributed by atoms with Crippen LogP contribution in [-0.2, 0) is 9.53 Å². The smallest absolute Gasteiger partial charge is 0.328 e. The number of carboxylic acid groups (broad SMARTS) is 1. The zero-order valence-corrected chi connectivity index (χ0v) is 9.40. The Bertz CT molecular complexity index is 234. The molecule has 0 saturated heterocycles. The summed E-state index contributed by atoms with van der Waals surface area (Å²) in [5.74, 6) is -1.14. The average Bonchev–Trinajstić information content (AvgIpc) is 2.23. The lowest BCUT2D eigenvalue weighted by molar-refractivity contribution is -0.140. The van der Waals surface area contributed by atoms with Crippen molar-refractivity contribution in [2.24, 2.45) is 5.92 Å². The Labute approximate surface area is 93.8 Å². The second-order valence-corrected chi connectivity index (χ2v) is 3.49. The van der Waals surface area contributed by atoms with E-state index >= 15 is 0 Å². The van der Waals surface area contributed by atoms with Gasteiger partial charge in [-0.2, -0.15) is 0 Å². The van der Waals surface area contributed by atoms with Crippen molar-refractivity contribution >= 4 is 12.0 Å². The summed E-state index contributed by atoms with van der Waals surface area (Å²) >= 11 is 0. The maximum atomic E-state index is 11.2. The van der Waals surface area contributed by atoms with E-state index < -0.39 is 24.6 Å². The van der Waals surface area contributed by atoms with Gasteiger partial charge in [-0.1, -0.05) is 6.92 Å². The van der Waals surface area contributed by atoms with Crippen LogP contribution in [0.4, 0.5) is 4.79 Å². The van der Waals surface area contributed by atoms with Gasteiger partial charge in [0.25, 0.3) is 0 Å². The summed E-state index contributed by atoms with van der Waals surface area (Å²) in [7, 11) is 1.56. The van der Waals surface area contributed by atoms with Gasteiger partial charge >= 0.3 is 12.0 Å². The number of ether oxygens (including phenoxy) is 1. The molecule has 0 rings (SSSR count). The maximum Gasteiger partial charge on any atom is 0.328 e. The standard InChI is InChI=1S/C9H18N2O5/c1-6(5-16-2)3-10-9(15)11-7(4-12)8(13)14/h6-7,12H,3-5H2,1-2H3,(H,13,14)(H2,10,11,15)/t6?,7-/m0/s1. The lowest BCUT2D eigenvalue weighted by atomic mass is 10.2. The Kier molecular flexibility index (Phi) is 7.23. The summed E-state index contributed by atoms with van der Waals surface area (Å²) in [6, 6.07) is -1.90. The van der Waals surface area contributed by atoms with Gasteiger partial charge in [0.2, 0.25) is 0 Å². The van der Waals surface area contributed by atoms with Crippen LogP contribution in [0.3, 0.4) is 0 Å². The monoisotopic (exact) mass is 234 g/mol. The molecule has 0 fully saturated rings. The van der Waals surface area contributed by atoms with Gasteiger partial charge < -0.3 is 25.6 Å². The van der Waals surface area contributed by atoms with E-state index in [2.05, 4.69) is 10.6 Å². The molecule has 0 aliphatic rings. The highest BCUT2D eigenvalue weighted by molar-refractivity contribution is 5.82. The molecule has 2 amide bonds. The number of aliphatic carboxylic acids is 1. The summed E-state index contributed by atoms with van der Waals surface area (Å²) in [6.45, 7) is 2.11. The molecule has 0 aliphatic heterocycles. The number of aliphatic hydroxyl groups excluding tert-OH is 1. The molecule has 1 unspecified atom stereocenters. The van der Waals surface area contributed by atoms with Crippen molar-refractivity contribution in [2.45, 2.75) is 13.0 Å². The molecule has 94 valence electrons. The van der Waals surface area contributed by atoms with Gasteiger partial charge in [0.15, 0.2) is 6.04 Å². The van der Waals surface area contributed by atoms with E-state index in [1.807, 2.05) is 6.92 Å². The van der Waals surface area contributed by atoms with Crippen molar-refractivity contribution in [2.75, 3.05) is 26.9 Å². The van der Waals surface area contributed by atoms with Crippen molar-refractivity contribution in [1.82, 2.24) is 10.6 Å². The Balaban J connectivity index is 3.85. The molecule has 0 aromatic carbocycles. The van der Waals surface area contributed by atoms with Crippen molar-refractivity contribution < 1.29 is 24.5 Å². The molecule has 4 N–H and O–H groups in total. The number of carbonyl (C=O) groups excluding carboxylic acids is 1. The number of methoxy groups -OCH3 is 1. The maximum absolute atomic E-state index is 11.2. The summed E-state index contributed by atoms with van der Waals surface area (Å²) in [5.41, 5.74) is 0. The van der Waals surface area contributed by atoms with Crippen molar-refractivity contribution in [3.63, 3.8) is 0 Å². The number of carbonyl (C=O) groups is 2. The van der Waals surface area contributed by atoms with E-state index in [1.54, 1.807) is 7.11 Å². The van der Waals surface area contributed by atoms with Gasteiger partial charge in [-0.15, -0.1) is 0 Å². The molecule has 0 saturated carbocycles. The quantitative estimate of drug-likeness (QED) is 0.452. The molecule has 0 bridgehead atoms. The Hall–Kier alpha value is -1.34. The predicted octanol–water partition coefficient (Wildman–Crippen LogP) is -0.986. The first-order chi connectivity index (χ1) is 7.51. The van der Waals surface area contributed by atoms with Crippen LogP contribution in [0.25, 0.3) is 0 Å². The van der Waals surface area contributed by atoms with Crippen molar-refractivity contribution in [1.29, 1.82) is 0 Å². The molecule has 0 aromatic rings. The third-order valence-electron chi connectivity index (χ3n) is 1.85. The summed E-state index contributed by atoms with van der Waals surface area (Å²) in [5, 5.41) is 21.8. The zero-order chi connectivity index (χ0) is 12.6. The number of rotatable bonds is 7. The third kappa shape index (κ3) is 6.20. The summed E-state index contributed by atoms with van der Waals surface area (Å²) in [4.78, 5) is 21.7. The molecule has 0 spiro atoms.